The Bertz CT molecular complexity index is 1840. The summed E-state index contributed by atoms with van der Waals surface area (Å²) in [4.78, 5) is 71.9. The topological polar surface area (TPSA) is 134 Å². The first-order chi connectivity index (χ1) is 27.8. The molecule has 2 aliphatic heterocycles. The van der Waals surface area contributed by atoms with Gasteiger partial charge in [0.05, 0.1) is 0 Å². The van der Waals surface area contributed by atoms with E-state index in [4.69, 9.17) is 4.43 Å². The van der Waals surface area contributed by atoms with Gasteiger partial charge >= 0.3 is 0 Å². The van der Waals surface area contributed by atoms with Gasteiger partial charge in [0, 0.05) is 19.4 Å². The summed E-state index contributed by atoms with van der Waals surface area (Å²) in [6.07, 6.45) is 6.73. The molecule has 10 nitrogen and oxygen atoms in total. The summed E-state index contributed by atoms with van der Waals surface area (Å²) in [6, 6.07) is 27.7. The number of nitrogens with zero attached hydrogens (tertiary/aromatic N) is 1. The van der Waals surface area contributed by atoms with Crippen molar-refractivity contribution in [2.45, 2.75) is 146 Å². The van der Waals surface area contributed by atoms with Crippen LogP contribution < -0.4 is 26.3 Å². The Hall–Kier alpha value is -4.61. The number of fused-ring (bicyclic) bond motifs is 1. The van der Waals surface area contributed by atoms with E-state index in [2.05, 4.69) is 61.0 Å². The molecule has 3 aromatic carbocycles. The van der Waals surface area contributed by atoms with Crippen LogP contribution in [0.2, 0.25) is 5.04 Å². The molecule has 3 aromatic rings. The molecule has 0 unspecified atom stereocenters. The number of benzene rings is 3. The van der Waals surface area contributed by atoms with Crippen LogP contribution in [0.5, 0.6) is 0 Å². The number of Topliss-reactive ketones (excluding diaryl/α,β-unsaturated/α-hetero) is 1. The van der Waals surface area contributed by atoms with Crippen LogP contribution >= 0.6 is 0 Å². The second-order valence-electron chi connectivity index (χ2n) is 17.6. The zero-order valence-corrected chi connectivity index (χ0v) is 35.8. The molecular weight excluding hydrogens is 745 g/mol. The largest absolute Gasteiger partial charge is 0.398 e. The van der Waals surface area contributed by atoms with E-state index in [0.717, 1.165) is 35.2 Å². The zero-order valence-electron chi connectivity index (χ0n) is 34.8. The summed E-state index contributed by atoms with van der Waals surface area (Å²) in [5.74, 6) is -1.32. The molecule has 3 aliphatic rings. The number of nitrogens with one attached hydrogen (secondary N) is 3. The zero-order chi connectivity index (χ0) is 41.3. The summed E-state index contributed by atoms with van der Waals surface area (Å²) in [7, 11) is -2.91. The number of ketones is 1. The lowest BCUT2D eigenvalue weighted by molar-refractivity contribution is -0.145. The van der Waals surface area contributed by atoms with E-state index < -0.39 is 38.1 Å². The Labute approximate surface area is 345 Å². The summed E-state index contributed by atoms with van der Waals surface area (Å²) < 4.78 is 7.05. The van der Waals surface area contributed by atoms with Crippen molar-refractivity contribution in [1.82, 2.24) is 20.9 Å². The third-order valence-electron chi connectivity index (χ3n) is 12.5. The Morgan fingerprint density at radius 3 is 1.98 bits per heavy atom. The van der Waals surface area contributed by atoms with Crippen LogP contribution in [0, 0.1) is 0 Å². The molecule has 1 aliphatic carbocycles. The van der Waals surface area contributed by atoms with Gasteiger partial charge in [-0.25, -0.2) is 0 Å². The minimum atomic E-state index is -2.91. The van der Waals surface area contributed by atoms with Gasteiger partial charge in [0.15, 0.2) is 5.78 Å². The van der Waals surface area contributed by atoms with Crippen molar-refractivity contribution in [2.75, 3.05) is 6.54 Å². The molecule has 0 bridgehead atoms. The molecule has 11 heteroatoms. The lowest BCUT2D eigenvalue weighted by Crippen LogP contribution is -2.68. The average molecular weight is 807 g/mol. The van der Waals surface area contributed by atoms with Crippen molar-refractivity contribution in [3.8, 4) is 0 Å². The third-order valence-corrected chi connectivity index (χ3v) is 17.6. The Morgan fingerprint density at radius 1 is 0.776 bits per heavy atom. The third kappa shape index (κ3) is 9.63. The number of unbranched alkanes of at least 4 members (excludes halogenated alkanes) is 2. The maximum absolute atomic E-state index is 14.3. The Morgan fingerprint density at radius 2 is 1.38 bits per heavy atom. The van der Waals surface area contributed by atoms with E-state index in [1.807, 2.05) is 73.7 Å². The van der Waals surface area contributed by atoms with Gasteiger partial charge in [0.1, 0.15) is 29.8 Å². The number of hydrogen-bond donors (Lipinski definition) is 3. The SMILES string of the molecule is C[C@H](O[Si](c1ccccc1)(c1ccccc1)C(C)(C)C)C(=O)CCCCC[C@@H]1NC(=O)[C@H]2CCCN2C(=O)[C@H](Cc2ccccc2)NC(=O)C2(CCCCC2)NC1=O. The van der Waals surface area contributed by atoms with Crippen LogP contribution in [-0.4, -0.2) is 78.9 Å². The van der Waals surface area contributed by atoms with Gasteiger partial charge < -0.3 is 25.3 Å². The molecule has 4 atom stereocenters. The van der Waals surface area contributed by atoms with Crippen molar-refractivity contribution < 1.29 is 28.4 Å². The monoisotopic (exact) mass is 806 g/mol. The van der Waals surface area contributed by atoms with Crippen LogP contribution in [0.4, 0.5) is 0 Å². The number of hydrogen-bond acceptors (Lipinski definition) is 6. The summed E-state index contributed by atoms with van der Waals surface area (Å²) in [6.45, 7) is 8.86. The molecule has 0 aromatic heterocycles. The molecule has 0 radical (unpaired) electrons. The summed E-state index contributed by atoms with van der Waals surface area (Å²) in [5, 5.41) is 11.2. The van der Waals surface area contributed by atoms with Gasteiger partial charge in [-0.1, -0.05) is 144 Å². The molecular formula is C47H62N4O6Si. The van der Waals surface area contributed by atoms with E-state index >= 15 is 0 Å². The fraction of sp³-hybridized carbons (Fsp3) is 0.511. The first-order valence-corrected chi connectivity index (χ1v) is 23.3. The van der Waals surface area contributed by atoms with Crippen molar-refractivity contribution in [1.29, 1.82) is 0 Å². The number of carbonyl (C=O) groups is 5. The molecule has 2 heterocycles. The molecule has 58 heavy (non-hydrogen) atoms. The van der Waals surface area contributed by atoms with Crippen LogP contribution in [0.1, 0.15) is 110 Å². The predicted molar refractivity (Wildman–Crippen MR) is 229 cm³/mol. The van der Waals surface area contributed by atoms with Crippen LogP contribution in [0.3, 0.4) is 0 Å². The van der Waals surface area contributed by atoms with Gasteiger partial charge in [0.2, 0.25) is 23.6 Å². The minimum Gasteiger partial charge on any atom is -0.398 e. The number of rotatable bonds is 13. The van der Waals surface area contributed by atoms with Crippen LogP contribution in [-0.2, 0) is 34.8 Å². The highest BCUT2D eigenvalue weighted by atomic mass is 28.4. The summed E-state index contributed by atoms with van der Waals surface area (Å²) in [5.41, 5.74) is -0.275. The molecule has 1 spiro atoms. The molecule has 1 saturated carbocycles. The number of carbonyl (C=O) groups excluding carboxylic acids is 5. The van der Waals surface area contributed by atoms with E-state index in [-0.39, 0.29) is 40.9 Å². The highest BCUT2D eigenvalue weighted by molar-refractivity contribution is 6.99. The molecule has 2 saturated heterocycles. The smallest absolute Gasteiger partial charge is 0.262 e. The highest BCUT2D eigenvalue weighted by Gasteiger charge is 2.52. The fourth-order valence-electron chi connectivity index (χ4n) is 9.32. The number of amides is 4. The Kier molecular flexibility index (Phi) is 14.1. The summed E-state index contributed by atoms with van der Waals surface area (Å²) >= 11 is 0. The first kappa shape index (κ1) is 43.0. The van der Waals surface area contributed by atoms with Crippen molar-refractivity contribution in [3.05, 3.63) is 96.6 Å². The lowest BCUT2D eigenvalue weighted by Gasteiger charge is -2.44. The van der Waals surface area contributed by atoms with E-state index in [1.165, 1.54) is 0 Å². The predicted octanol–water partition coefficient (Wildman–Crippen LogP) is 5.51. The normalized spacial score (nSPS) is 22.2. The van der Waals surface area contributed by atoms with E-state index in [1.54, 1.807) is 4.90 Å². The second kappa shape index (κ2) is 19.0. The van der Waals surface area contributed by atoms with Crippen molar-refractivity contribution in [3.63, 3.8) is 0 Å². The van der Waals surface area contributed by atoms with Gasteiger partial charge in [-0.15, -0.1) is 0 Å². The molecule has 4 amide bonds. The van der Waals surface area contributed by atoms with Gasteiger partial charge in [0.25, 0.3) is 8.32 Å². The van der Waals surface area contributed by atoms with E-state index in [9.17, 15) is 24.0 Å². The average Bonchev–Trinajstić information content (AvgIpc) is 3.72. The van der Waals surface area contributed by atoms with Gasteiger partial charge in [-0.3, -0.25) is 24.0 Å². The maximum atomic E-state index is 14.3. The van der Waals surface area contributed by atoms with Gasteiger partial charge in [-0.2, -0.15) is 0 Å². The molecule has 6 rings (SSSR count). The van der Waals surface area contributed by atoms with Crippen molar-refractivity contribution >= 4 is 48.1 Å². The highest BCUT2D eigenvalue weighted by Crippen LogP contribution is 2.38. The van der Waals surface area contributed by atoms with Crippen LogP contribution in [0.25, 0.3) is 0 Å². The quantitative estimate of drug-likeness (QED) is 0.154. The fourth-order valence-corrected chi connectivity index (χ4v) is 14.0. The second-order valence-corrected chi connectivity index (χ2v) is 21.8. The lowest BCUT2D eigenvalue weighted by atomic mass is 9.80. The Balaban J connectivity index is 1.13. The maximum Gasteiger partial charge on any atom is 0.262 e. The van der Waals surface area contributed by atoms with Crippen molar-refractivity contribution in [2.24, 2.45) is 0 Å². The first-order valence-electron chi connectivity index (χ1n) is 21.4. The van der Waals surface area contributed by atoms with Crippen LogP contribution in [0.15, 0.2) is 91.0 Å². The molecule has 310 valence electrons. The molecule has 3 N–H and O–H groups in total. The molecule has 3 fully saturated rings. The van der Waals surface area contributed by atoms with E-state index in [0.29, 0.717) is 64.3 Å². The minimum absolute atomic E-state index is 0.0341. The standard InChI is InChI=1S/C47H62N4O6Si/c1-34(57-58(46(2,3)4,36-23-12-6-13-24-36)37-25-14-7-15-26-37)41(52)29-17-8-16-27-38-42(53)50-47(30-18-9-19-31-47)45(56)49-39(33-35-21-10-5-11-22-35)44(55)51-32-20-28-40(51)43(54)48-38/h5-7,10-15,21-26,34,38-40H,8-9,16-20,27-33H2,1-4H3,(H,48,54)(H,49,56)(H,50,53)/t34-,38-,39-,40+/m0/s1. The van der Waals surface area contributed by atoms with Gasteiger partial charge in [-0.05, 0) is 66.4 Å².